The molecule has 1 unspecified atom stereocenters. The van der Waals surface area contributed by atoms with Gasteiger partial charge in [0.15, 0.2) is 0 Å². The number of nitrogens with zero attached hydrogens (tertiary/aromatic N) is 1. The van der Waals surface area contributed by atoms with Gasteiger partial charge in [0.25, 0.3) is 11.6 Å². The van der Waals surface area contributed by atoms with E-state index in [1.165, 1.54) is 6.07 Å². The van der Waals surface area contributed by atoms with E-state index in [-0.39, 0.29) is 35.4 Å². The maximum Gasteiger partial charge on any atom is 0.338 e. The van der Waals surface area contributed by atoms with E-state index >= 15 is 0 Å². The summed E-state index contributed by atoms with van der Waals surface area (Å²) in [6.45, 7) is 5.63. The number of halogens is 1. The lowest BCUT2D eigenvalue weighted by Crippen LogP contribution is -2.32. The first-order valence-corrected chi connectivity index (χ1v) is 9.13. The molecule has 0 heterocycles. The molecule has 1 N–H and O–H groups in total. The van der Waals surface area contributed by atoms with Gasteiger partial charge in [0.2, 0.25) is 0 Å². The lowest BCUT2D eigenvalue weighted by atomic mass is 9.95. The van der Waals surface area contributed by atoms with Gasteiger partial charge >= 0.3 is 5.97 Å². The molecule has 7 nitrogen and oxygen atoms in total. The maximum absolute atomic E-state index is 12.8. The van der Waals surface area contributed by atoms with E-state index in [1.807, 2.05) is 26.0 Å². The van der Waals surface area contributed by atoms with Gasteiger partial charge in [-0.1, -0.05) is 37.6 Å². The molecule has 0 aromatic heterocycles. The van der Waals surface area contributed by atoms with E-state index in [4.69, 9.17) is 16.3 Å². The average Bonchev–Trinajstić information content (AvgIpc) is 2.66. The van der Waals surface area contributed by atoms with Gasteiger partial charge in [0.1, 0.15) is 0 Å². The SMILES string of the molecule is CCOC(=O)c1cc(C(=O)NC(c2ccc(Cl)cc2)C(C)C)cc([N+](=O)[O-])c1. The first-order chi connectivity index (χ1) is 13.2. The molecule has 8 heteroatoms. The predicted molar refractivity (Wildman–Crippen MR) is 106 cm³/mol. The van der Waals surface area contributed by atoms with Crippen LogP contribution in [-0.2, 0) is 4.74 Å². The minimum atomic E-state index is -0.724. The van der Waals surface area contributed by atoms with E-state index in [2.05, 4.69) is 5.32 Å². The van der Waals surface area contributed by atoms with Crippen molar-refractivity contribution in [2.45, 2.75) is 26.8 Å². The van der Waals surface area contributed by atoms with E-state index in [1.54, 1.807) is 19.1 Å². The number of ether oxygens (including phenoxy) is 1. The molecule has 0 aliphatic carbocycles. The number of hydrogen-bond acceptors (Lipinski definition) is 5. The van der Waals surface area contributed by atoms with Gasteiger partial charge in [0.05, 0.1) is 23.1 Å². The Labute approximate surface area is 167 Å². The van der Waals surface area contributed by atoms with Gasteiger partial charge < -0.3 is 10.1 Å². The summed E-state index contributed by atoms with van der Waals surface area (Å²) in [6.07, 6.45) is 0. The minimum Gasteiger partial charge on any atom is -0.462 e. The van der Waals surface area contributed by atoms with Gasteiger partial charge in [-0.3, -0.25) is 14.9 Å². The van der Waals surface area contributed by atoms with Crippen molar-refractivity contribution < 1.29 is 19.2 Å². The molecule has 0 aliphatic rings. The molecule has 148 valence electrons. The Hall–Kier alpha value is -2.93. The quantitative estimate of drug-likeness (QED) is 0.414. The molecule has 0 saturated heterocycles. The number of nitro benzene ring substituents is 1. The number of non-ortho nitro benzene ring substituents is 1. The van der Waals surface area contributed by atoms with Crippen molar-refractivity contribution in [2.24, 2.45) is 5.92 Å². The molecule has 0 bridgehead atoms. The van der Waals surface area contributed by atoms with Crippen molar-refractivity contribution >= 4 is 29.2 Å². The van der Waals surface area contributed by atoms with Crippen LogP contribution in [0.1, 0.15) is 53.1 Å². The Morgan fingerprint density at radius 1 is 1.14 bits per heavy atom. The standard InChI is InChI=1S/C20H21ClN2O5/c1-4-28-20(25)15-9-14(10-17(11-15)23(26)27)19(24)22-18(12(2)3)13-5-7-16(21)8-6-13/h5-12,18H,4H2,1-3H3,(H,22,24). The van der Waals surface area contributed by atoms with Crippen LogP contribution in [0.25, 0.3) is 0 Å². The number of nitrogens with one attached hydrogen (secondary N) is 1. The third-order valence-corrected chi connectivity index (χ3v) is 4.34. The van der Waals surface area contributed by atoms with Crippen LogP contribution in [0.5, 0.6) is 0 Å². The number of rotatable bonds is 7. The maximum atomic E-state index is 12.8. The van der Waals surface area contributed by atoms with Crippen LogP contribution in [0.3, 0.4) is 0 Å². The second kappa shape index (κ2) is 9.32. The summed E-state index contributed by atoms with van der Waals surface area (Å²) in [6, 6.07) is 10.3. The number of carbonyl (C=O) groups excluding carboxylic acids is 2. The highest BCUT2D eigenvalue weighted by atomic mass is 35.5. The molecule has 1 amide bonds. The number of amides is 1. The fourth-order valence-corrected chi connectivity index (χ4v) is 2.84. The molecule has 0 spiro atoms. The number of nitro groups is 1. The Morgan fingerprint density at radius 2 is 1.75 bits per heavy atom. The number of hydrogen-bond donors (Lipinski definition) is 1. The molecule has 1 atom stereocenters. The second-order valence-corrected chi connectivity index (χ2v) is 6.93. The molecule has 0 fully saturated rings. The number of esters is 1. The zero-order valence-corrected chi connectivity index (χ0v) is 16.5. The lowest BCUT2D eigenvalue weighted by molar-refractivity contribution is -0.384. The van der Waals surface area contributed by atoms with E-state index in [0.717, 1.165) is 17.7 Å². The molecule has 2 aromatic rings. The zero-order chi connectivity index (χ0) is 20.8. The van der Waals surface area contributed by atoms with Crippen molar-refractivity contribution in [1.29, 1.82) is 0 Å². The Kier molecular flexibility index (Phi) is 7.12. The van der Waals surface area contributed by atoms with E-state index in [0.29, 0.717) is 5.02 Å². The summed E-state index contributed by atoms with van der Waals surface area (Å²) in [5.41, 5.74) is 0.456. The Morgan fingerprint density at radius 3 is 2.29 bits per heavy atom. The van der Waals surface area contributed by atoms with Gasteiger partial charge in [-0.25, -0.2) is 4.79 Å². The lowest BCUT2D eigenvalue weighted by Gasteiger charge is -2.23. The monoisotopic (exact) mass is 404 g/mol. The number of carbonyl (C=O) groups is 2. The first kappa shape index (κ1) is 21.4. The third-order valence-electron chi connectivity index (χ3n) is 4.08. The smallest absolute Gasteiger partial charge is 0.338 e. The summed E-state index contributed by atoms with van der Waals surface area (Å²) >= 11 is 5.92. The van der Waals surface area contributed by atoms with Crippen molar-refractivity contribution in [3.8, 4) is 0 Å². The minimum absolute atomic E-state index is 0.0110. The fraction of sp³-hybridized carbons (Fsp3) is 0.300. The molecule has 28 heavy (non-hydrogen) atoms. The van der Waals surface area contributed by atoms with Crippen molar-refractivity contribution in [1.82, 2.24) is 5.32 Å². The molecule has 2 rings (SSSR count). The van der Waals surface area contributed by atoms with Crippen LogP contribution < -0.4 is 5.32 Å². The van der Waals surface area contributed by atoms with Gasteiger partial charge in [-0.05, 0) is 36.6 Å². The third kappa shape index (κ3) is 5.29. The molecule has 0 radical (unpaired) electrons. The van der Waals surface area contributed by atoms with Crippen molar-refractivity contribution in [3.05, 3.63) is 74.3 Å². The van der Waals surface area contributed by atoms with Crippen LogP contribution in [0.15, 0.2) is 42.5 Å². The Bertz CT molecular complexity index is 881. The Balaban J connectivity index is 2.36. The van der Waals surface area contributed by atoms with Crippen LogP contribution in [0.4, 0.5) is 5.69 Å². The highest BCUT2D eigenvalue weighted by Crippen LogP contribution is 2.25. The molecule has 0 saturated carbocycles. The van der Waals surface area contributed by atoms with Gasteiger partial charge in [-0.2, -0.15) is 0 Å². The largest absolute Gasteiger partial charge is 0.462 e. The summed E-state index contributed by atoms with van der Waals surface area (Å²) in [5.74, 6) is -1.20. The van der Waals surface area contributed by atoms with Crippen molar-refractivity contribution in [2.75, 3.05) is 6.61 Å². The van der Waals surface area contributed by atoms with E-state index < -0.39 is 16.8 Å². The van der Waals surface area contributed by atoms with Crippen molar-refractivity contribution in [3.63, 3.8) is 0 Å². The second-order valence-electron chi connectivity index (χ2n) is 6.49. The van der Waals surface area contributed by atoms with E-state index in [9.17, 15) is 19.7 Å². The van der Waals surface area contributed by atoms with Crippen LogP contribution in [0.2, 0.25) is 5.02 Å². The summed E-state index contributed by atoms with van der Waals surface area (Å²) in [5, 5.41) is 14.7. The average molecular weight is 405 g/mol. The predicted octanol–water partition coefficient (Wildman–Crippen LogP) is 4.55. The molecular weight excluding hydrogens is 384 g/mol. The van der Waals surface area contributed by atoms with Crippen LogP contribution in [0, 0.1) is 16.0 Å². The molecule has 2 aromatic carbocycles. The number of benzene rings is 2. The summed E-state index contributed by atoms with van der Waals surface area (Å²) in [4.78, 5) is 35.3. The van der Waals surface area contributed by atoms with Gasteiger partial charge in [-0.15, -0.1) is 0 Å². The highest BCUT2D eigenvalue weighted by molar-refractivity contribution is 6.30. The molecular formula is C20H21ClN2O5. The normalized spacial score (nSPS) is 11.8. The summed E-state index contributed by atoms with van der Waals surface area (Å²) in [7, 11) is 0. The first-order valence-electron chi connectivity index (χ1n) is 8.75. The fourth-order valence-electron chi connectivity index (χ4n) is 2.71. The topological polar surface area (TPSA) is 98.5 Å². The van der Waals surface area contributed by atoms with Crippen LogP contribution >= 0.6 is 11.6 Å². The van der Waals surface area contributed by atoms with Crippen LogP contribution in [-0.4, -0.2) is 23.4 Å². The molecule has 0 aliphatic heterocycles. The summed E-state index contributed by atoms with van der Waals surface area (Å²) < 4.78 is 4.89. The van der Waals surface area contributed by atoms with Gasteiger partial charge in [0, 0.05) is 22.7 Å². The highest BCUT2D eigenvalue weighted by Gasteiger charge is 2.23. The zero-order valence-electron chi connectivity index (χ0n) is 15.8.